The number of aromatic nitrogens is 2. The second-order valence-electron chi connectivity index (χ2n) is 3.54. The van der Waals surface area contributed by atoms with Gasteiger partial charge in [-0.05, 0) is 44.0 Å². The van der Waals surface area contributed by atoms with Crippen molar-refractivity contribution in [3.63, 3.8) is 0 Å². The van der Waals surface area contributed by atoms with Crippen molar-refractivity contribution in [1.82, 2.24) is 9.97 Å². The monoisotopic (exact) mass is 409 g/mol. The third-order valence-corrected chi connectivity index (χ3v) is 3.11. The standard InChI is InChI=1S/C11H4Br2F3N3O/c12-7-3-17-10(9(13)18-7)19-11(20)4-1-5(14)8(16)6(15)2-4/h1-3H,(H,17,19,20). The minimum absolute atomic E-state index is 0.0586. The maximum Gasteiger partial charge on any atom is 0.257 e. The number of carbonyl (C=O) groups excluding carboxylic acids is 1. The highest BCUT2D eigenvalue weighted by Gasteiger charge is 2.16. The quantitative estimate of drug-likeness (QED) is 0.768. The van der Waals surface area contributed by atoms with E-state index in [0.717, 1.165) is 0 Å². The molecule has 4 nitrogen and oxygen atoms in total. The molecule has 0 bridgehead atoms. The fraction of sp³-hybridized carbons (Fsp3) is 0. The molecule has 0 radical (unpaired) electrons. The number of halogens is 5. The molecular formula is C11H4Br2F3N3O. The molecule has 1 amide bonds. The van der Waals surface area contributed by atoms with Gasteiger partial charge in [0.25, 0.3) is 5.91 Å². The number of benzene rings is 1. The molecule has 104 valence electrons. The summed E-state index contributed by atoms with van der Waals surface area (Å²) in [6.45, 7) is 0. The Kier molecular flexibility index (Phi) is 4.39. The summed E-state index contributed by atoms with van der Waals surface area (Å²) in [6, 6.07) is 1.18. The van der Waals surface area contributed by atoms with Gasteiger partial charge in [0.05, 0.1) is 6.20 Å². The van der Waals surface area contributed by atoms with Gasteiger partial charge in [0.2, 0.25) is 0 Å². The SMILES string of the molecule is O=C(Nc1ncc(Br)nc1Br)c1cc(F)c(F)c(F)c1. The molecule has 1 heterocycles. The molecule has 1 aromatic heterocycles. The Morgan fingerprint density at radius 1 is 1.15 bits per heavy atom. The number of nitrogens with zero attached hydrogens (tertiary/aromatic N) is 2. The highest BCUT2D eigenvalue weighted by atomic mass is 79.9. The van der Waals surface area contributed by atoms with Gasteiger partial charge in [0.1, 0.15) is 9.21 Å². The normalized spacial score (nSPS) is 10.4. The molecule has 2 rings (SSSR count). The van der Waals surface area contributed by atoms with Crippen molar-refractivity contribution < 1.29 is 18.0 Å². The highest BCUT2D eigenvalue weighted by Crippen LogP contribution is 2.21. The van der Waals surface area contributed by atoms with Crippen molar-refractivity contribution in [3.05, 3.63) is 50.6 Å². The summed E-state index contributed by atoms with van der Waals surface area (Å²) in [5.41, 5.74) is -0.377. The number of nitrogens with one attached hydrogen (secondary N) is 1. The van der Waals surface area contributed by atoms with E-state index in [1.165, 1.54) is 6.20 Å². The average Bonchev–Trinajstić information content (AvgIpc) is 2.38. The Hall–Kier alpha value is -1.48. The Morgan fingerprint density at radius 2 is 1.75 bits per heavy atom. The first kappa shape index (κ1) is 14.9. The van der Waals surface area contributed by atoms with Crippen molar-refractivity contribution in [2.75, 3.05) is 5.32 Å². The van der Waals surface area contributed by atoms with Crippen LogP contribution in [-0.2, 0) is 0 Å². The molecule has 0 fully saturated rings. The lowest BCUT2D eigenvalue weighted by Crippen LogP contribution is -2.15. The van der Waals surface area contributed by atoms with E-state index >= 15 is 0 Å². The van der Waals surface area contributed by atoms with Gasteiger partial charge in [-0.3, -0.25) is 4.79 Å². The third kappa shape index (κ3) is 3.15. The summed E-state index contributed by atoms with van der Waals surface area (Å²) in [5, 5.41) is 2.29. The van der Waals surface area contributed by atoms with Crippen LogP contribution in [-0.4, -0.2) is 15.9 Å². The van der Waals surface area contributed by atoms with E-state index in [2.05, 4.69) is 47.1 Å². The summed E-state index contributed by atoms with van der Waals surface area (Å²) >= 11 is 6.14. The van der Waals surface area contributed by atoms with Gasteiger partial charge in [-0.25, -0.2) is 23.1 Å². The zero-order valence-corrected chi connectivity index (χ0v) is 12.6. The van der Waals surface area contributed by atoms with Crippen LogP contribution in [0.2, 0.25) is 0 Å². The van der Waals surface area contributed by atoms with Crippen molar-refractivity contribution >= 4 is 43.6 Å². The van der Waals surface area contributed by atoms with Crippen LogP contribution >= 0.6 is 31.9 Å². The Bertz CT molecular complexity index is 674. The fourth-order valence-corrected chi connectivity index (χ4v) is 2.21. The minimum atomic E-state index is -1.63. The molecule has 0 atom stereocenters. The van der Waals surface area contributed by atoms with Gasteiger partial charge in [0, 0.05) is 5.56 Å². The number of amides is 1. The van der Waals surface area contributed by atoms with Gasteiger partial charge < -0.3 is 5.32 Å². The second kappa shape index (κ2) is 5.88. The van der Waals surface area contributed by atoms with Crippen LogP contribution in [0.5, 0.6) is 0 Å². The molecule has 0 saturated carbocycles. The smallest absolute Gasteiger partial charge is 0.257 e. The second-order valence-corrected chi connectivity index (χ2v) is 5.10. The number of anilines is 1. The summed E-state index contributed by atoms with van der Waals surface area (Å²) < 4.78 is 39.5. The molecule has 0 aliphatic rings. The number of carbonyl (C=O) groups is 1. The Labute approximate surface area is 127 Å². The van der Waals surface area contributed by atoms with E-state index in [1.807, 2.05) is 0 Å². The first-order chi connectivity index (χ1) is 9.38. The van der Waals surface area contributed by atoms with Crippen LogP contribution in [0.25, 0.3) is 0 Å². The largest absolute Gasteiger partial charge is 0.304 e. The Morgan fingerprint density at radius 3 is 2.30 bits per heavy atom. The fourth-order valence-electron chi connectivity index (χ4n) is 1.30. The lowest BCUT2D eigenvalue weighted by molar-refractivity contribution is 0.102. The van der Waals surface area contributed by atoms with Gasteiger partial charge >= 0.3 is 0 Å². The van der Waals surface area contributed by atoms with Crippen molar-refractivity contribution in [3.8, 4) is 0 Å². The van der Waals surface area contributed by atoms with E-state index in [-0.39, 0.29) is 16.0 Å². The predicted octanol–water partition coefficient (Wildman–Crippen LogP) is 3.67. The maximum absolute atomic E-state index is 13.0. The van der Waals surface area contributed by atoms with Crippen LogP contribution in [0.1, 0.15) is 10.4 Å². The summed E-state index contributed by atoms with van der Waals surface area (Å²) in [7, 11) is 0. The summed E-state index contributed by atoms with van der Waals surface area (Å²) in [5.74, 6) is -5.32. The van der Waals surface area contributed by atoms with Crippen LogP contribution in [0.15, 0.2) is 27.5 Å². The van der Waals surface area contributed by atoms with Crippen molar-refractivity contribution in [2.24, 2.45) is 0 Å². The lowest BCUT2D eigenvalue weighted by atomic mass is 10.2. The molecule has 0 saturated heterocycles. The molecule has 0 unspecified atom stereocenters. The molecule has 20 heavy (non-hydrogen) atoms. The van der Waals surface area contributed by atoms with Crippen molar-refractivity contribution in [1.29, 1.82) is 0 Å². The summed E-state index contributed by atoms with van der Waals surface area (Å²) in [6.07, 6.45) is 1.33. The van der Waals surface area contributed by atoms with Gasteiger partial charge in [0.15, 0.2) is 23.3 Å². The molecule has 9 heteroatoms. The maximum atomic E-state index is 13.0. The van der Waals surface area contributed by atoms with Gasteiger partial charge in [-0.1, -0.05) is 0 Å². The number of hydrogen-bond donors (Lipinski definition) is 1. The molecule has 2 aromatic rings. The topological polar surface area (TPSA) is 54.9 Å². The molecule has 0 aliphatic heterocycles. The summed E-state index contributed by atoms with van der Waals surface area (Å²) in [4.78, 5) is 19.6. The van der Waals surface area contributed by atoms with E-state index in [1.54, 1.807) is 0 Å². The average molecular weight is 411 g/mol. The third-order valence-electron chi connectivity index (χ3n) is 2.18. The van der Waals surface area contributed by atoms with Crippen LogP contribution in [0, 0.1) is 17.5 Å². The zero-order chi connectivity index (χ0) is 14.9. The van der Waals surface area contributed by atoms with Crippen LogP contribution in [0.3, 0.4) is 0 Å². The Balaban J connectivity index is 2.28. The number of hydrogen-bond acceptors (Lipinski definition) is 3. The van der Waals surface area contributed by atoms with E-state index in [9.17, 15) is 18.0 Å². The molecule has 1 N–H and O–H groups in total. The molecule has 0 spiro atoms. The van der Waals surface area contributed by atoms with E-state index < -0.39 is 23.4 Å². The van der Waals surface area contributed by atoms with Gasteiger partial charge in [-0.2, -0.15) is 0 Å². The molecule has 1 aromatic carbocycles. The van der Waals surface area contributed by atoms with E-state index in [0.29, 0.717) is 16.7 Å². The predicted molar refractivity (Wildman–Crippen MR) is 71.7 cm³/mol. The van der Waals surface area contributed by atoms with Gasteiger partial charge in [-0.15, -0.1) is 0 Å². The van der Waals surface area contributed by atoms with Crippen molar-refractivity contribution in [2.45, 2.75) is 0 Å². The lowest BCUT2D eigenvalue weighted by Gasteiger charge is -2.06. The van der Waals surface area contributed by atoms with Crippen LogP contribution in [0.4, 0.5) is 19.0 Å². The van der Waals surface area contributed by atoms with E-state index in [4.69, 9.17) is 0 Å². The highest BCUT2D eigenvalue weighted by molar-refractivity contribution is 9.11. The number of rotatable bonds is 2. The first-order valence-electron chi connectivity index (χ1n) is 5.02. The van der Waals surface area contributed by atoms with Crippen LogP contribution < -0.4 is 5.32 Å². The minimum Gasteiger partial charge on any atom is -0.304 e. The first-order valence-corrected chi connectivity index (χ1v) is 6.61. The molecule has 0 aliphatic carbocycles. The zero-order valence-electron chi connectivity index (χ0n) is 9.42. The molecular weight excluding hydrogens is 407 g/mol.